The maximum Gasteiger partial charge on any atom is 0.310 e. The molecule has 0 radical (unpaired) electrons. The molecule has 19 heavy (non-hydrogen) atoms. The van der Waals surface area contributed by atoms with Gasteiger partial charge in [0.25, 0.3) is 0 Å². The van der Waals surface area contributed by atoms with Crippen LogP contribution in [0.4, 0.5) is 0 Å². The van der Waals surface area contributed by atoms with Crippen molar-refractivity contribution in [3.8, 4) is 0 Å². The Hall–Kier alpha value is -1.06. The highest BCUT2D eigenvalue weighted by Crippen LogP contribution is 2.34. The molecule has 1 saturated carbocycles. The number of hydrogen-bond acceptors (Lipinski definition) is 2. The Morgan fingerprint density at radius 2 is 1.79 bits per heavy atom. The molecule has 0 heterocycles. The van der Waals surface area contributed by atoms with Gasteiger partial charge >= 0.3 is 5.97 Å². The van der Waals surface area contributed by atoms with Crippen LogP contribution in [0.25, 0.3) is 0 Å². The highest BCUT2D eigenvalue weighted by atomic mass is 16.4. The average molecular weight is 269 g/mol. The van der Waals surface area contributed by atoms with Gasteiger partial charge in [-0.25, -0.2) is 0 Å². The molecule has 0 bridgehead atoms. The lowest BCUT2D eigenvalue weighted by Gasteiger charge is -2.30. The lowest BCUT2D eigenvalue weighted by molar-refractivity contribution is -0.154. The van der Waals surface area contributed by atoms with Crippen LogP contribution >= 0.6 is 0 Å². The van der Waals surface area contributed by atoms with Crippen molar-refractivity contribution in [3.05, 3.63) is 0 Å². The van der Waals surface area contributed by atoms with Gasteiger partial charge in [-0.05, 0) is 32.1 Å². The van der Waals surface area contributed by atoms with Crippen molar-refractivity contribution in [1.29, 1.82) is 0 Å². The summed E-state index contributed by atoms with van der Waals surface area (Å²) in [5.74, 6) is -0.806. The molecule has 0 saturated heterocycles. The number of carbonyl (C=O) groups excluding carboxylic acids is 1. The second-order valence-corrected chi connectivity index (χ2v) is 5.64. The van der Waals surface area contributed by atoms with E-state index in [-0.39, 0.29) is 12.3 Å². The van der Waals surface area contributed by atoms with E-state index in [1.807, 2.05) is 18.7 Å². The van der Waals surface area contributed by atoms with E-state index in [1.54, 1.807) is 0 Å². The summed E-state index contributed by atoms with van der Waals surface area (Å²) in [6.07, 6.45) is 5.38. The molecule has 110 valence electrons. The molecule has 0 atom stereocenters. The third-order valence-electron chi connectivity index (χ3n) is 4.36. The summed E-state index contributed by atoms with van der Waals surface area (Å²) < 4.78 is 0. The Labute approximate surface area is 116 Å². The zero-order chi connectivity index (χ0) is 14.5. The molecule has 1 amide bonds. The molecular formula is C15H27NO3. The summed E-state index contributed by atoms with van der Waals surface area (Å²) in [7, 11) is 0. The fraction of sp³-hybridized carbons (Fsp3) is 0.867. The zero-order valence-electron chi connectivity index (χ0n) is 12.4. The van der Waals surface area contributed by atoms with Crippen molar-refractivity contribution in [1.82, 2.24) is 4.90 Å². The minimum absolute atomic E-state index is 0.0297. The molecule has 0 unspecified atom stereocenters. The van der Waals surface area contributed by atoms with Gasteiger partial charge in [-0.2, -0.15) is 0 Å². The van der Waals surface area contributed by atoms with E-state index in [9.17, 15) is 14.7 Å². The van der Waals surface area contributed by atoms with Gasteiger partial charge in [0.1, 0.15) is 0 Å². The first-order chi connectivity index (χ1) is 9.00. The molecule has 0 spiro atoms. The quantitative estimate of drug-likeness (QED) is 0.700. The molecule has 1 fully saturated rings. The largest absolute Gasteiger partial charge is 0.481 e. The summed E-state index contributed by atoms with van der Waals surface area (Å²) in [6.45, 7) is 6.61. The first-order valence-corrected chi connectivity index (χ1v) is 7.53. The highest BCUT2D eigenvalue weighted by Gasteiger charge is 2.40. The van der Waals surface area contributed by atoms with Crippen molar-refractivity contribution in [2.45, 2.75) is 71.8 Å². The lowest BCUT2D eigenvalue weighted by Crippen LogP contribution is -2.40. The van der Waals surface area contributed by atoms with Gasteiger partial charge in [0.2, 0.25) is 5.91 Å². The van der Waals surface area contributed by atoms with Crippen molar-refractivity contribution in [2.75, 3.05) is 6.54 Å². The second kappa shape index (κ2) is 6.92. The van der Waals surface area contributed by atoms with E-state index in [1.165, 1.54) is 0 Å². The molecule has 1 rings (SSSR count). The number of unbranched alkanes of at least 4 members (excludes halogenated alkanes) is 1. The normalized spacial score (nSPS) is 15.3. The van der Waals surface area contributed by atoms with Gasteiger partial charge in [0, 0.05) is 19.0 Å². The predicted octanol–water partition coefficient (Wildman–Crippen LogP) is 3.06. The Bertz CT molecular complexity index is 319. The van der Waals surface area contributed by atoms with Gasteiger partial charge < -0.3 is 10.0 Å². The number of carboxylic acid groups (broad SMARTS) is 1. The molecule has 4 heteroatoms. The van der Waals surface area contributed by atoms with Crippen molar-refractivity contribution < 1.29 is 14.7 Å². The molecular weight excluding hydrogens is 242 g/mol. The summed E-state index contributed by atoms with van der Waals surface area (Å²) in [4.78, 5) is 25.8. The topological polar surface area (TPSA) is 57.6 Å². The number of rotatable bonds is 9. The summed E-state index contributed by atoms with van der Waals surface area (Å²) in [5.41, 5.74) is -0.879. The average Bonchev–Trinajstić information content (AvgIpc) is 3.20. The van der Waals surface area contributed by atoms with Gasteiger partial charge in [-0.1, -0.05) is 27.2 Å². The third-order valence-corrected chi connectivity index (χ3v) is 4.36. The molecule has 0 aliphatic heterocycles. The van der Waals surface area contributed by atoms with Crippen LogP contribution in [0.1, 0.15) is 65.7 Å². The van der Waals surface area contributed by atoms with E-state index >= 15 is 0 Å². The predicted molar refractivity (Wildman–Crippen MR) is 74.9 cm³/mol. The monoisotopic (exact) mass is 269 g/mol. The molecule has 0 aromatic rings. The van der Waals surface area contributed by atoms with Crippen molar-refractivity contribution >= 4 is 11.9 Å². The number of carbonyl (C=O) groups is 2. The zero-order valence-corrected chi connectivity index (χ0v) is 12.4. The van der Waals surface area contributed by atoms with Gasteiger partial charge in [-0.15, -0.1) is 0 Å². The Morgan fingerprint density at radius 3 is 2.16 bits per heavy atom. The maximum absolute atomic E-state index is 12.4. The van der Waals surface area contributed by atoms with E-state index in [2.05, 4.69) is 6.92 Å². The van der Waals surface area contributed by atoms with Crippen LogP contribution in [0.5, 0.6) is 0 Å². The number of aliphatic carboxylic acids is 1. The number of hydrogen-bond donors (Lipinski definition) is 1. The Balaban J connectivity index is 2.70. The molecule has 1 N–H and O–H groups in total. The summed E-state index contributed by atoms with van der Waals surface area (Å²) in [6, 6.07) is 0.374. The standard InChI is InChI=1S/C15H27NO3/c1-4-7-10-16(12-8-9-12)13(17)11-15(5-2,6-3)14(18)19/h12H,4-11H2,1-3H3,(H,18,19). The van der Waals surface area contributed by atoms with Crippen LogP contribution in [-0.4, -0.2) is 34.5 Å². The van der Waals surface area contributed by atoms with Crippen LogP contribution < -0.4 is 0 Å². The Kier molecular flexibility index (Phi) is 5.83. The fourth-order valence-electron chi connectivity index (χ4n) is 2.49. The van der Waals surface area contributed by atoms with E-state index in [4.69, 9.17) is 0 Å². The molecule has 0 aromatic heterocycles. The first kappa shape index (κ1) is 16.0. The van der Waals surface area contributed by atoms with Crippen LogP contribution in [0.2, 0.25) is 0 Å². The fourth-order valence-corrected chi connectivity index (χ4v) is 2.49. The van der Waals surface area contributed by atoms with Crippen molar-refractivity contribution in [3.63, 3.8) is 0 Å². The maximum atomic E-state index is 12.4. The third kappa shape index (κ3) is 3.95. The number of carboxylic acids is 1. The minimum Gasteiger partial charge on any atom is -0.481 e. The van der Waals surface area contributed by atoms with Crippen LogP contribution in [0.15, 0.2) is 0 Å². The van der Waals surface area contributed by atoms with Gasteiger partial charge in [0.05, 0.1) is 5.41 Å². The van der Waals surface area contributed by atoms with Crippen molar-refractivity contribution in [2.24, 2.45) is 5.41 Å². The number of amides is 1. The van der Waals surface area contributed by atoms with Gasteiger partial charge in [-0.3, -0.25) is 9.59 Å². The van der Waals surface area contributed by atoms with Crippen LogP contribution in [0, 0.1) is 5.41 Å². The SMILES string of the molecule is CCCCN(C(=O)CC(CC)(CC)C(=O)O)C1CC1. The summed E-state index contributed by atoms with van der Waals surface area (Å²) in [5, 5.41) is 9.41. The van der Waals surface area contributed by atoms with E-state index in [0.717, 1.165) is 32.2 Å². The first-order valence-electron chi connectivity index (χ1n) is 7.53. The smallest absolute Gasteiger partial charge is 0.310 e. The van der Waals surface area contributed by atoms with Crippen LogP contribution in [0.3, 0.4) is 0 Å². The number of nitrogens with zero attached hydrogens (tertiary/aromatic N) is 1. The molecule has 1 aliphatic carbocycles. The Morgan fingerprint density at radius 1 is 1.21 bits per heavy atom. The molecule has 0 aromatic carbocycles. The summed E-state index contributed by atoms with van der Waals surface area (Å²) >= 11 is 0. The lowest BCUT2D eigenvalue weighted by atomic mass is 9.79. The minimum atomic E-state index is -0.879. The van der Waals surface area contributed by atoms with Gasteiger partial charge in [0.15, 0.2) is 0 Å². The van der Waals surface area contributed by atoms with Crippen LogP contribution in [-0.2, 0) is 9.59 Å². The van der Waals surface area contributed by atoms with E-state index < -0.39 is 11.4 Å². The van der Waals surface area contributed by atoms with E-state index in [0.29, 0.717) is 18.9 Å². The molecule has 1 aliphatic rings. The highest BCUT2D eigenvalue weighted by molar-refractivity contribution is 5.85. The molecule has 4 nitrogen and oxygen atoms in total. The second-order valence-electron chi connectivity index (χ2n) is 5.64.